The van der Waals surface area contributed by atoms with Crippen LogP contribution in [0.4, 0.5) is 24.7 Å². The van der Waals surface area contributed by atoms with E-state index in [1.807, 2.05) is 65.6 Å². The van der Waals surface area contributed by atoms with Crippen molar-refractivity contribution in [1.29, 1.82) is 0 Å². The van der Waals surface area contributed by atoms with Gasteiger partial charge >= 0.3 is 6.18 Å². The predicted molar refractivity (Wildman–Crippen MR) is 169 cm³/mol. The third-order valence-electron chi connectivity index (χ3n) is 7.61. The minimum Gasteiger partial charge on any atom is -0.367 e. The van der Waals surface area contributed by atoms with Crippen LogP contribution in [-0.2, 0) is 19.3 Å². The molecular weight excluding hydrogens is 585 g/mol. The Kier molecular flexibility index (Phi) is 8.26. The maximum atomic E-state index is 13.7. The Bertz CT molecular complexity index is 1780. The Morgan fingerprint density at radius 1 is 0.864 bits per heavy atom. The second-order valence-corrected chi connectivity index (χ2v) is 11.0. The lowest BCUT2D eigenvalue weighted by Crippen LogP contribution is -2.34. The highest BCUT2D eigenvalue weighted by atomic mass is 35.5. The van der Waals surface area contributed by atoms with E-state index < -0.39 is 11.7 Å². The van der Waals surface area contributed by atoms with E-state index in [9.17, 15) is 18.0 Å². The number of halogens is 4. The molecule has 1 amide bonds. The van der Waals surface area contributed by atoms with Gasteiger partial charge in [0.1, 0.15) is 5.82 Å². The first-order valence-electron chi connectivity index (χ1n) is 14.1. The van der Waals surface area contributed by atoms with Gasteiger partial charge in [0.05, 0.1) is 11.3 Å². The average molecular weight is 613 g/mol. The van der Waals surface area contributed by atoms with E-state index in [1.54, 1.807) is 18.3 Å². The predicted octanol–water partition coefficient (Wildman–Crippen LogP) is 8.45. The van der Waals surface area contributed by atoms with E-state index in [0.29, 0.717) is 36.7 Å². The van der Waals surface area contributed by atoms with E-state index in [4.69, 9.17) is 11.6 Å². The highest BCUT2D eigenvalue weighted by Gasteiger charge is 2.34. The molecule has 6 rings (SSSR count). The van der Waals surface area contributed by atoms with Crippen LogP contribution in [0.15, 0.2) is 109 Å². The largest absolute Gasteiger partial charge is 0.416 e. The fourth-order valence-electron chi connectivity index (χ4n) is 5.30. The van der Waals surface area contributed by atoms with Crippen LogP contribution in [-0.4, -0.2) is 24.0 Å². The number of pyridine rings is 1. The van der Waals surface area contributed by atoms with Crippen molar-refractivity contribution in [2.45, 2.75) is 19.3 Å². The van der Waals surface area contributed by atoms with E-state index in [-0.39, 0.29) is 23.0 Å². The Morgan fingerprint density at radius 2 is 1.55 bits per heavy atom. The van der Waals surface area contributed by atoms with Gasteiger partial charge in [-0.1, -0.05) is 78.3 Å². The number of fused-ring (bicyclic) bond motifs is 1. The van der Waals surface area contributed by atoms with Crippen LogP contribution in [0.25, 0.3) is 22.3 Å². The van der Waals surface area contributed by atoms with Crippen molar-refractivity contribution in [3.63, 3.8) is 0 Å². The topological polar surface area (TPSA) is 57.3 Å². The number of aromatic nitrogens is 1. The summed E-state index contributed by atoms with van der Waals surface area (Å²) in [5.41, 5.74) is 5.47. The highest BCUT2D eigenvalue weighted by molar-refractivity contribution is 6.30. The van der Waals surface area contributed by atoms with Crippen molar-refractivity contribution in [2.75, 3.05) is 23.3 Å². The van der Waals surface area contributed by atoms with Gasteiger partial charge in [-0.3, -0.25) is 4.79 Å². The lowest BCUT2D eigenvalue weighted by Gasteiger charge is -2.32. The lowest BCUT2D eigenvalue weighted by atomic mass is 10.0. The highest BCUT2D eigenvalue weighted by Crippen LogP contribution is 2.37. The molecule has 0 saturated carbocycles. The zero-order valence-corrected chi connectivity index (χ0v) is 24.3. The van der Waals surface area contributed by atoms with Crippen molar-refractivity contribution in [2.24, 2.45) is 0 Å². The standard InChI is InChI=1S/C35H28ClF3N4O/c36-30-14-15-31(35(37,38)39)29(18-30)22-43-17-16-40-33-32(43)19-28(21-41-33)26-10-12-27(13-11-26)34(44)42-20-23-6-8-25(9-7-23)24-4-2-1-3-5-24/h1-15,18-19,21H,16-17,20,22H2,(H,40,41)(H,42,44). The van der Waals surface area contributed by atoms with Gasteiger partial charge in [0, 0.05) is 48.5 Å². The molecule has 1 aromatic heterocycles. The number of carbonyl (C=O) groups excluding carboxylic acids is 1. The van der Waals surface area contributed by atoms with E-state index in [0.717, 1.165) is 33.9 Å². The van der Waals surface area contributed by atoms with Gasteiger partial charge in [-0.2, -0.15) is 13.2 Å². The monoisotopic (exact) mass is 612 g/mol. The van der Waals surface area contributed by atoms with Crippen molar-refractivity contribution in [3.05, 3.63) is 137 Å². The molecule has 2 N–H and O–H groups in total. The number of nitrogens with one attached hydrogen (secondary N) is 2. The lowest BCUT2D eigenvalue weighted by molar-refractivity contribution is -0.138. The van der Waals surface area contributed by atoms with Gasteiger partial charge < -0.3 is 15.5 Å². The third kappa shape index (κ3) is 6.55. The molecule has 0 radical (unpaired) electrons. The molecule has 44 heavy (non-hydrogen) atoms. The van der Waals surface area contributed by atoms with Crippen LogP contribution in [0.1, 0.15) is 27.0 Å². The summed E-state index contributed by atoms with van der Waals surface area (Å²) in [6.07, 6.45) is -2.78. The van der Waals surface area contributed by atoms with Crippen molar-refractivity contribution >= 4 is 29.0 Å². The Hall–Kier alpha value is -4.82. The quantitative estimate of drug-likeness (QED) is 0.194. The summed E-state index contributed by atoms with van der Waals surface area (Å²) in [6.45, 7) is 1.47. The molecule has 0 bridgehead atoms. The summed E-state index contributed by atoms with van der Waals surface area (Å²) < 4.78 is 41.1. The normalized spacial score (nSPS) is 12.8. The molecular formula is C35H28ClF3N4O. The van der Waals surface area contributed by atoms with E-state index in [2.05, 4.69) is 27.8 Å². The summed E-state index contributed by atoms with van der Waals surface area (Å²) in [6, 6.07) is 30.9. The molecule has 1 aliphatic heterocycles. The van der Waals surface area contributed by atoms with Crippen molar-refractivity contribution in [3.8, 4) is 22.3 Å². The summed E-state index contributed by atoms with van der Waals surface area (Å²) >= 11 is 6.06. The van der Waals surface area contributed by atoms with Crippen molar-refractivity contribution < 1.29 is 18.0 Å². The van der Waals surface area contributed by atoms with Gasteiger partial charge in [-0.25, -0.2) is 4.98 Å². The maximum absolute atomic E-state index is 13.7. The summed E-state index contributed by atoms with van der Waals surface area (Å²) in [5, 5.41) is 6.44. The molecule has 1 aliphatic rings. The summed E-state index contributed by atoms with van der Waals surface area (Å²) in [5.74, 6) is 0.410. The Morgan fingerprint density at radius 3 is 2.27 bits per heavy atom. The molecule has 0 spiro atoms. The zero-order valence-electron chi connectivity index (χ0n) is 23.5. The van der Waals surface area contributed by atoms with Crippen LogP contribution in [0.2, 0.25) is 5.02 Å². The van der Waals surface area contributed by atoms with Gasteiger partial charge in [0.15, 0.2) is 0 Å². The molecule has 4 aromatic carbocycles. The second kappa shape index (κ2) is 12.4. The number of carbonyl (C=O) groups is 1. The van der Waals surface area contributed by atoms with Crippen LogP contribution in [0, 0.1) is 0 Å². The number of hydrogen-bond donors (Lipinski definition) is 2. The van der Waals surface area contributed by atoms with Crippen LogP contribution in [0.3, 0.4) is 0 Å². The third-order valence-corrected chi connectivity index (χ3v) is 7.85. The number of alkyl halides is 3. The Balaban J connectivity index is 1.14. The van der Waals surface area contributed by atoms with E-state index >= 15 is 0 Å². The molecule has 0 atom stereocenters. The number of rotatable bonds is 7. The fraction of sp³-hybridized carbons (Fsp3) is 0.143. The Labute approximate surface area is 258 Å². The molecule has 5 aromatic rings. The molecule has 9 heteroatoms. The molecule has 0 saturated heterocycles. The van der Waals surface area contributed by atoms with Gasteiger partial charge in [0.25, 0.3) is 5.91 Å². The molecule has 0 unspecified atom stereocenters. The van der Waals surface area contributed by atoms with Crippen LogP contribution < -0.4 is 15.5 Å². The molecule has 5 nitrogen and oxygen atoms in total. The number of hydrogen-bond acceptors (Lipinski definition) is 4. The first-order chi connectivity index (χ1) is 21.2. The second-order valence-electron chi connectivity index (χ2n) is 10.6. The summed E-state index contributed by atoms with van der Waals surface area (Å²) in [7, 11) is 0. The van der Waals surface area contributed by atoms with Crippen molar-refractivity contribution in [1.82, 2.24) is 10.3 Å². The van der Waals surface area contributed by atoms with Gasteiger partial charge in [-0.15, -0.1) is 0 Å². The average Bonchev–Trinajstić information content (AvgIpc) is 3.04. The number of amides is 1. The first-order valence-corrected chi connectivity index (χ1v) is 14.5. The van der Waals surface area contributed by atoms with E-state index in [1.165, 1.54) is 12.1 Å². The maximum Gasteiger partial charge on any atom is 0.416 e. The zero-order chi connectivity index (χ0) is 30.7. The minimum atomic E-state index is -4.49. The van der Waals surface area contributed by atoms with Gasteiger partial charge in [-0.05, 0) is 64.2 Å². The molecule has 0 aliphatic carbocycles. The molecule has 0 fully saturated rings. The number of nitrogens with zero attached hydrogens (tertiary/aromatic N) is 2. The summed E-state index contributed by atoms with van der Waals surface area (Å²) in [4.78, 5) is 19.3. The minimum absolute atomic E-state index is 0.0311. The van der Waals surface area contributed by atoms with Crippen LogP contribution in [0.5, 0.6) is 0 Å². The first kappa shape index (κ1) is 29.3. The smallest absolute Gasteiger partial charge is 0.367 e. The molecule has 2 heterocycles. The SMILES string of the molecule is O=C(NCc1ccc(-c2ccccc2)cc1)c1ccc(-c2cnc3c(c2)N(Cc2cc(Cl)ccc2C(F)(F)F)CCN3)cc1. The van der Waals surface area contributed by atoms with Gasteiger partial charge in [0.2, 0.25) is 0 Å². The fourth-order valence-corrected chi connectivity index (χ4v) is 5.50. The molecule has 222 valence electrons. The number of benzene rings is 4. The van der Waals surface area contributed by atoms with Crippen LogP contribution >= 0.6 is 11.6 Å². The number of anilines is 2.